The highest BCUT2D eigenvalue weighted by Crippen LogP contribution is 2.52. The molecule has 1 aromatic rings. The van der Waals surface area contributed by atoms with Crippen LogP contribution in [0, 0.1) is 23.7 Å². The highest BCUT2D eigenvalue weighted by Gasteiger charge is 2.58. The standard InChI is InChI=1S/C22H28N4O4/c1-23-22(25-12-15-6-7-16(29-2)11-17(15)30-3)24-8-9-26-20(27)18-13-4-5-14(10-13)19(18)21(26)28/h4-7,11,13-14,18-19H,8-10,12H2,1-3H3,(H2,23,24,25). The van der Waals surface area contributed by atoms with Crippen molar-refractivity contribution >= 4 is 17.8 Å². The number of fused-ring (bicyclic) bond motifs is 5. The first-order chi connectivity index (χ1) is 14.6. The number of likely N-dealkylation sites (tertiary alicyclic amines) is 1. The van der Waals surface area contributed by atoms with E-state index >= 15 is 0 Å². The zero-order valence-electron chi connectivity index (χ0n) is 17.6. The van der Waals surface area contributed by atoms with Crippen LogP contribution >= 0.6 is 0 Å². The average Bonchev–Trinajstić information content (AvgIpc) is 3.45. The maximum absolute atomic E-state index is 12.7. The van der Waals surface area contributed by atoms with Crippen LogP contribution in [0.1, 0.15) is 12.0 Å². The molecule has 4 rings (SSSR count). The number of nitrogens with zero attached hydrogens (tertiary/aromatic N) is 2. The number of carbonyl (C=O) groups is 2. The number of methoxy groups -OCH3 is 2. The number of benzene rings is 1. The Morgan fingerprint density at radius 1 is 1.10 bits per heavy atom. The maximum atomic E-state index is 12.7. The van der Waals surface area contributed by atoms with Gasteiger partial charge in [0.1, 0.15) is 11.5 Å². The number of allylic oxidation sites excluding steroid dienone is 2. The molecule has 0 radical (unpaired) electrons. The molecular formula is C22H28N4O4. The van der Waals surface area contributed by atoms with Crippen molar-refractivity contribution in [1.29, 1.82) is 0 Å². The Morgan fingerprint density at radius 3 is 2.40 bits per heavy atom. The predicted octanol–water partition coefficient (Wildman–Crippen LogP) is 1.18. The van der Waals surface area contributed by atoms with Gasteiger partial charge in [-0.3, -0.25) is 19.5 Å². The Balaban J connectivity index is 1.29. The molecule has 0 spiro atoms. The number of nitrogens with one attached hydrogen (secondary N) is 2. The van der Waals surface area contributed by atoms with Gasteiger partial charge in [-0.25, -0.2) is 0 Å². The van der Waals surface area contributed by atoms with Gasteiger partial charge in [-0.2, -0.15) is 0 Å². The highest BCUT2D eigenvalue weighted by atomic mass is 16.5. The Labute approximate surface area is 176 Å². The summed E-state index contributed by atoms with van der Waals surface area (Å²) in [5.74, 6) is 2.19. The molecule has 2 fully saturated rings. The van der Waals surface area contributed by atoms with E-state index in [1.54, 1.807) is 21.3 Å². The quantitative estimate of drug-likeness (QED) is 0.302. The van der Waals surface area contributed by atoms with Crippen LogP contribution in [0.15, 0.2) is 35.3 Å². The zero-order chi connectivity index (χ0) is 21.3. The van der Waals surface area contributed by atoms with E-state index in [4.69, 9.17) is 9.47 Å². The molecule has 1 aliphatic heterocycles. The van der Waals surface area contributed by atoms with E-state index in [0.717, 1.165) is 23.5 Å². The fourth-order valence-corrected chi connectivity index (χ4v) is 4.87. The van der Waals surface area contributed by atoms with Gasteiger partial charge < -0.3 is 20.1 Å². The molecule has 160 valence electrons. The average molecular weight is 412 g/mol. The molecule has 2 bridgehead atoms. The Bertz CT molecular complexity index is 867. The number of ether oxygens (including phenoxy) is 2. The summed E-state index contributed by atoms with van der Waals surface area (Å²) in [6.07, 6.45) is 5.17. The summed E-state index contributed by atoms with van der Waals surface area (Å²) in [5.41, 5.74) is 0.960. The Kier molecular flexibility index (Phi) is 5.65. The van der Waals surface area contributed by atoms with Gasteiger partial charge in [0.05, 0.1) is 26.1 Å². The number of hydrogen-bond acceptors (Lipinski definition) is 5. The number of hydrogen-bond donors (Lipinski definition) is 2. The molecule has 3 aliphatic rings. The van der Waals surface area contributed by atoms with Crippen molar-refractivity contribution in [2.24, 2.45) is 28.7 Å². The summed E-state index contributed by atoms with van der Waals surface area (Å²) in [6, 6.07) is 5.64. The van der Waals surface area contributed by atoms with Gasteiger partial charge in [-0.05, 0) is 30.4 Å². The second kappa shape index (κ2) is 8.38. The topological polar surface area (TPSA) is 92.3 Å². The van der Waals surface area contributed by atoms with Crippen molar-refractivity contribution in [1.82, 2.24) is 15.5 Å². The molecule has 4 atom stereocenters. The SMILES string of the molecule is CN=C(NCCN1C(=O)C2C3C=CC(C3)C2C1=O)NCc1ccc(OC)cc1OC. The first-order valence-electron chi connectivity index (χ1n) is 10.3. The maximum Gasteiger partial charge on any atom is 0.233 e. The second-order valence-electron chi connectivity index (χ2n) is 7.86. The molecular weight excluding hydrogens is 384 g/mol. The number of imide groups is 1. The lowest BCUT2D eigenvalue weighted by atomic mass is 9.85. The Hall–Kier alpha value is -3.03. The smallest absolute Gasteiger partial charge is 0.233 e. The number of aliphatic imine (C=N–C) groups is 1. The van der Waals surface area contributed by atoms with Crippen molar-refractivity contribution in [3.8, 4) is 11.5 Å². The first-order valence-corrected chi connectivity index (χ1v) is 10.3. The summed E-state index contributed by atoms with van der Waals surface area (Å²) in [4.78, 5) is 31.1. The molecule has 8 nitrogen and oxygen atoms in total. The molecule has 2 N–H and O–H groups in total. The minimum Gasteiger partial charge on any atom is -0.497 e. The fourth-order valence-electron chi connectivity index (χ4n) is 4.87. The molecule has 1 aromatic carbocycles. The molecule has 30 heavy (non-hydrogen) atoms. The van der Waals surface area contributed by atoms with Crippen LogP contribution in [0.4, 0.5) is 0 Å². The van der Waals surface area contributed by atoms with Crippen LogP contribution in [-0.2, 0) is 16.1 Å². The van der Waals surface area contributed by atoms with Crippen LogP contribution in [-0.4, -0.2) is 57.0 Å². The largest absolute Gasteiger partial charge is 0.497 e. The van der Waals surface area contributed by atoms with E-state index in [9.17, 15) is 9.59 Å². The van der Waals surface area contributed by atoms with Crippen LogP contribution in [0.25, 0.3) is 0 Å². The summed E-state index contributed by atoms with van der Waals surface area (Å²) in [7, 11) is 4.91. The predicted molar refractivity (Wildman–Crippen MR) is 112 cm³/mol. The number of guanidine groups is 1. The van der Waals surface area contributed by atoms with Crippen molar-refractivity contribution < 1.29 is 19.1 Å². The van der Waals surface area contributed by atoms with Crippen molar-refractivity contribution in [2.45, 2.75) is 13.0 Å². The molecule has 1 saturated heterocycles. The van der Waals surface area contributed by atoms with E-state index < -0.39 is 0 Å². The van der Waals surface area contributed by atoms with Crippen LogP contribution in [0.2, 0.25) is 0 Å². The third-order valence-electron chi connectivity index (χ3n) is 6.35. The molecule has 0 aromatic heterocycles. The van der Waals surface area contributed by atoms with Crippen molar-refractivity contribution in [3.63, 3.8) is 0 Å². The molecule has 1 saturated carbocycles. The molecule has 8 heteroatoms. The normalized spacial score (nSPS) is 26.9. The first kappa shape index (κ1) is 20.3. The van der Waals surface area contributed by atoms with Gasteiger partial charge in [0.15, 0.2) is 5.96 Å². The van der Waals surface area contributed by atoms with Gasteiger partial charge >= 0.3 is 0 Å². The van der Waals surface area contributed by atoms with Gasteiger partial charge in [0, 0.05) is 38.3 Å². The summed E-state index contributed by atoms with van der Waals surface area (Å²) < 4.78 is 10.6. The van der Waals surface area contributed by atoms with Gasteiger partial charge in [0.2, 0.25) is 11.8 Å². The lowest BCUT2D eigenvalue weighted by Gasteiger charge is -2.19. The zero-order valence-corrected chi connectivity index (χ0v) is 17.6. The van der Waals surface area contributed by atoms with E-state index in [0.29, 0.717) is 25.6 Å². The third-order valence-corrected chi connectivity index (χ3v) is 6.35. The van der Waals surface area contributed by atoms with Gasteiger partial charge in [-0.15, -0.1) is 0 Å². The number of carbonyl (C=O) groups excluding carboxylic acids is 2. The van der Waals surface area contributed by atoms with Crippen molar-refractivity contribution in [3.05, 3.63) is 35.9 Å². The van der Waals surface area contributed by atoms with E-state index in [1.165, 1.54) is 4.90 Å². The van der Waals surface area contributed by atoms with Crippen LogP contribution < -0.4 is 20.1 Å². The molecule has 2 amide bonds. The monoisotopic (exact) mass is 412 g/mol. The summed E-state index contributed by atoms with van der Waals surface area (Å²) in [6.45, 7) is 1.30. The molecule has 2 aliphatic carbocycles. The minimum atomic E-state index is -0.146. The number of rotatable bonds is 7. The molecule has 1 heterocycles. The minimum absolute atomic E-state index is 0.0189. The van der Waals surface area contributed by atoms with E-state index in [-0.39, 0.29) is 35.5 Å². The summed E-state index contributed by atoms with van der Waals surface area (Å²) in [5, 5.41) is 6.41. The highest BCUT2D eigenvalue weighted by molar-refractivity contribution is 6.06. The summed E-state index contributed by atoms with van der Waals surface area (Å²) >= 11 is 0. The van der Waals surface area contributed by atoms with E-state index in [1.807, 2.05) is 18.2 Å². The van der Waals surface area contributed by atoms with Crippen molar-refractivity contribution in [2.75, 3.05) is 34.4 Å². The van der Waals surface area contributed by atoms with Gasteiger partial charge in [-0.1, -0.05) is 12.2 Å². The second-order valence-corrected chi connectivity index (χ2v) is 7.86. The van der Waals surface area contributed by atoms with Crippen LogP contribution in [0.3, 0.4) is 0 Å². The Morgan fingerprint density at radius 2 is 1.80 bits per heavy atom. The van der Waals surface area contributed by atoms with Gasteiger partial charge in [0.25, 0.3) is 0 Å². The lowest BCUT2D eigenvalue weighted by molar-refractivity contribution is -0.140. The lowest BCUT2D eigenvalue weighted by Crippen LogP contribution is -2.43. The van der Waals surface area contributed by atoms with E-state index in [2.05, 4.69) is 27.8 Å². The molecule has 4 unspecified atom stereocenters. The fraction of sp³-hybridized carbons (Fsp3) is 0.500. The van der Waals surface area contributed by atoms with Crippen LogP contribution in [0.5, 0.6) is 11.5 Å². The number of amides is 2. The third kappa shape index (κ3) is 3.51.